The molecule has 1 atom stereocenters. The molecular formula is C14H14BrClN4O. The van der Waals surface area contributed by atoms with Gasteiger partial charge in [0.2, 0.25) is 0 Å². The van der Waals surface area contributed by atoms with Crippen molar-refractivity contribution in [3.8, 4) is 0 Å². The van der Waals surface area contributed by atoms with Gasteiger partial charge in [-0.2, -0.15) is 0 Å². The molecule has 1 aliphatic heterocycles. The first-order chi connectivity index (χ1) is 10.0. The molecule has 0 saturated heterocycles. The summed E-state index contributed by atoms with van der Waals surface area (Å²) in [6.07, 6.45) is 2.04. The van der Waals surface area contributed by atoms with Crippen molar-refractivity contribution in [2.75, 3.05) is 0 Å². The summed E-state index contributed by atoms with van der Waals surface area (Å²) in [6, 6.07) is 4.92. The van der Waals surface area contributed by atoms with E-state index in [0.29, 0.717) is 10.6 Å². The van der Waals surface area contributed by atoms with E-state index in [-0.39, 0.29) is 11.9 Å². The van der Waals surface area contributed by atoms with Crippen molar-refractivity contribution in [3.63, 3.8) is 0 Å². The Hall–Kier alpha value is -1.40. The summed E-state index contributed by atoms with van der Waals surface area (Å²) in [5, 5.41) is 11.8. The Morgan fingerprint density at radius 1 is 1.43 bits per heavy atom. The lowest BCUT2D eigenvalue weighted by molar-refractivity contribution is 0.0937. The molecule has 1 aromatic carbocycles. The van der Waals surface area contributed by atoms with E-state index in [1.807, 2.05) is 6.92 Å². The fourth-order valence-electron chi connectivity index (χ4n) is 2.52. The van der Waals surface area contributed by atoms with Crippen molar-refractivity contribution in [1.82, 2.24) is 20.1 Å². The summed E-state index contributed by atoms with van der Waals surface area (Å²) >= 11 is 9.31. The molecule has 3 rings (SSSR count). The maximum atomic E-state index is 12.3. The zero-order chi connectivity index (χ0) is 15.0. The van der Waals surface area contributed by atoms with Gasteiger partial charge in [0, 0.05) is 28.0 Å². The standard InChI is InChI=1S/C14H14BrClN4O/c1-8(13-19-18-12-3-2-4-20(12)13)17-14(21)9-5-10(15)7-11(16)6-9/h5-8H,2-4H2,1H3,(H,17,21). The van der Waals surface area contributed by atoms with Crippen molar-refractivity contribution >= 4 is 33.4 Å². The summed E-state index contributed by atoms with van der Waals surface area (Å²) in [5.41, 5.74) is 0.516. The molecule has 0 bridgehead atoms. The van der Waals surface area contributed by atoms with Gasteiger partial charge in [0.05, 0.1) is 6.04 Å². The molecule has 21 heavy (non-hydrogen) atoms. The van der Waals surface area contributed by atoms with Crippen molar-refractivity contribution in [1.29, 1.82) is 0 Å². The monoisotopic (exact) mass is 368 g/mol. The van der Waals surface area contributed by atoms with Crippen LogP contribution in [0.1, 0.15) is 41.4 Å². The maximum Gasteiger partial charge on any atom is 0.251 e. The van der Waals surface area contributed by atoms with Crippen LogP contribution in [0, 0.1) is 0 Å². The fraction of sp³-hybridized carbons (Fsp3) is 0.357. The zero-order valence-corrected chi connectivity index (χ0v) is 13.8. The molecule has 110 valence electrons. The second-order valence-electron chi connectivity index (χ2n) is 5.08. The minimum atomic E-state index is -0.199. The summed E-state index contributed by atoms with van der Waals surface area (Å²) in [7, 11) is 0. The SMILES string of the molecule is CC(NC(=O)c1cc(Cl)cc(Br)c1)c1nnc2n1CCC2. The summed E-state index contributed by atoms with van der Waals surface area (Å²) in [4.78, 5) is 12.3. The summed E-state index contributed by atoms with van der Waals surface area (Å²) in [6.45, 7) is 2.83. The van der Waals surface area contributed by atoms with E-state index in [1.54, 1.807) is 18.2 Å². The van der Waals surface area contributed by atoms with Crippen LogP contribution in [0.4, 0.5) is 0 Å². The number of hydrogen-bond donors (Lipinski definition) is 1. The lowest BCUT2D eigenvalue weighted by atomic mass is 10.2. The Balaban J connectivity index is 1.77. The Labute approximate surface area is 135 Å². The average Bonchev–Trinajstić information content (AvgIpc) is 2.99. The van der Waals surface area contributed by atoms with E-state index < -0.39 is 0 Å². The summed E-state index contributed by atoms with van der Waals surface area (Å²) < 4.78 is 2.86. The first-order valence-corrected chi connectivity index (χ1v) is 7.90. The molecule has 0 fully saturated rings. The van der Waals surface area contributed by atoms with Crippen molar-refractivity contribution in [2.45, 2.75) is 32.4 Å². The minimum absolute atomic E-state index is 0.180. The van der Waals surface area contributed by atoms with Gasteiger partial charge >= 0.3 is 0 Å². The van der Waals surface area contributed by atoms with Gasteiger partial charge in [0.15, 0.2) is 5.82 Å². The van der Waals surface area contributed by atoms with Crippen LogP contribution >= 0.6 is 27.5 Å². The molecule has 1 unspecified atom stereocenters. The van der Waals surface area contributed by atoms with E-state index in [1.165, 1.54) is 0 Å². The Morgan fingerprint density at radius 2 is 2.24 bits per heavy atom. The normalized spacial score (nSPS) is 14.8. The van der Waals surface area contributed by atoms with Gasteiger partial charge in [-0.3, -0.25) is 4.79 Å². The molecule has 0 aliphatic carbocycles. The maximum absolute atomic E-state index is 12.3. The molecule has 2 aromatic rings. The van der Waals surface area contributed by atoms with Gasteiger partial charge in [-0.05, 0) is 31.5 Å². The largest absolute Gasteiger partial charge is 0.342 e. The number of halogens is 2. The molecule has 1 aromatic heterocycles. The molecule has 1 N–H and O–H groups in total. The Kier molecular flexibility index (Phi) is 3.99. The number of nitrogens with one attached hydrogen (secondary N) is 1. The zero-order valence-electron chi connectivity index (χ0n) is 11.4. The predicted molar refractivity (Wildman–Crippen MR) is 83.4 cm³/mol. The number of hydrogen-bond acceptors (Lipinski definition) is 3. The van der Waals surface area contributed by atoms with Gasteiger partial charge in [-0.15, -0.1) is 10.2 Å². The highest BCUT2D eigenvalue weighted by atomic mass is 79.9. The van der Waals surface area contributed by atoms with Gasteiger partial charge in [0.1, 0.15) is 5.82 Å². The van der Waals surface area contributed by atoms with Crippen LogP contribution in [0.3, 0.4) is 0 Å². The van der Waals surface area contributed by atoms with E-state index in [2.05, 4.69) is 36.0 Å². The van der Waals surface area contributed by atoms with Gasteiger partial charge in [-0.25, -0.2) is 0 Å². The lowest BCUT2D eigenvalue weighted by Gasteiger charge is -2.14. The molecule has 1 aliphatic rings. The number of fused-ring (bicyclic) bond motifs is 1. The molecule has 2 heterocycles. The van der Waals surface area contributed by atoms with Crippen LogP contribution in [0.25, 0.3) is 0 Å². The topological polar surface area (TPSA) is 59.8 Å². The molecule has 0 spiro atoms. The Bertz CT molecular complexity index is 680. The first kappa shape index (κ1) is 14.5. The number of nitrogens with zero attached hydrogens (tertiary/aromatic N) is 3. The van der Waals surface area contributed by atoms with E-state index >= 15 is 0 Å². The van der Waals surface area contributed by atoms with E-state index in [4.69, 9.17) is 11.6 Å². The number of aryl methyl sites for hydroxylation is 1. The van der Waals surface area contributed by atoms with Gasteiger partial charge in [0.25, 0.3) is 5.91 Å². The number of aromatic nitrogens is 3. The molecule has 0 radical (unpaired) electrons. The van der Waals surface area contributed by atoms with Crippen molar-refractivity contribution < 1.29 is 4.79 Å². The predicted octanol–water partition coefficient (Wildman–Crippen LogP) is 3.13. The highest BCUT2D eigenvalue weighted by Gasteiger charge is 2.22. The lowest BCUT2D eigenvalue weighted by Crippen LogP contribution is -2.28. The van der Waals surface area contributed by atoms with Crippen LogP contribution in [-0.2, 0) is 13.0 Å². The van der Waals surface area contributed by atoms with Crippen molar-refractivity contribution in [2.24, 2.45) is 0 Å². The van der Waals surface area contributed by atoms with Crippen molar-refractivity contribution in [3.05, 3.63) is 44.9 Å². The van der Waals surface area contributed by atoms with Crippen LogP contribution < -0.4 is 5.32 Å². The van der Waals surface area contributed by atoms with Crippen LogP contribution in [0.5, 0.6) is 0 Å². The van der Waals surface area contributed by atoms with E-state index in [9.17, 15) is 4.79 Å². The Morgan fingerprint density at radius 3 is 3.00 bits per heavy atom. The smallest absolute Gasteiger partial charge is 0.251 e. The third-order valence-electron chi connectivity index (χ3n) is 3.50. The quantitative estimate of drug-likeness (QED) is 0.904. The summed E-state index contributed by atoms with van der Waals surface area (Å²) in [5.74, 6) is 1.62. The molecule has 0 saturated carbocycles. The average molecular weight is 370 g/mol. The van der Waals surface area contributed by atoms with Crippen LogP contribution in [0.15, 0.2) is 22.7 Å². The number of amides is 1. The number of rotatable bonds is 3. The fourth-order valence-corrected chi connectivity index (χ4v) is 3.38. The highest BCUT2D eigenvalue weighted by Crippen LogP contribution is 2.22. The molecule has 1 amide bonds. The second kappa shape index (κ2) is 5.77. The van der Waals surface area contributed by atoms with Gasteiger partial charge in [-0.1, -0.05) is 27.5 Å². The third-order valence-corrected chi connectivity index (χ3v) is 4.17. The number of benzene rings is 1. The third kappa shape index (κ3) is 2.96. The first-order valence-electron chi connectivity index (χ1n) is 6.73. The molecular weight excluding hydrogens is 356 g/mol. The highest BCUT2D eigenvalue weighted by molar-refractivity contribution is 9.10. The number of carbonyl (C=O) groups excluding carboxylic acids is 1. The van der Waals surface area contributed by atoms with Gasteiger partial charge < -0.3 is 9.88 Å². The van der Waals surface area contributed by atoms with Crippen LogP contribution in [0.2, 0.25) is 5.02 Å². The van der Waals surface area contributed by atoms with E-state index in [0.717, 1.165) is 35.5 Å². The molecule has 5 nitrogen and oxygen atoms in total. The van der Waals surface area contributed by atoms with Crippen LogP contribution in [-0.4, -0.2) is 20.7 Å². The second-order valence-corrected chi connectivity index (χ2v) is 6.44. The minimum Gasteiger partial charge on any atom is -0.342 e. The number of carbonyl (C=O) groups is 1. The molecule has 7 heteroatoms.